The normalized spacial score (nSPS) is 13.8. The number of nitrogens with one attached hydrogen (secondary N) is 1. The summed E-state index contributed by atoms with van der Waals surface area (Å²) in [7, 11) is 3.61. The van der Waals surface area contributed by atoms with Crippen molar-refractivity contribution in [2.24, 2.45) is 0 Å². The van der Waals surface area contributed by atoms with E-state index in [1.165, 1.54) is 24.6 Å². The van der Waals surface area contributed by atoms with E-state index in [0.717, 1.165) is 6.54 Å². The Morgan fingerprint density at radius 2 is 1.89 bits per heavy atom. The second-order valence-corrected chi connectivity index (χ2v) is 7.01. The van der Waals surface area contributed by atoms with Crippen molar-refractivity contribution in [3.05, 3.63) is 18.3 Å². The Kier molecular flexibility index (Phi) is 5.28. The minimum atomic E-state index is -3.40. The summed E-state index contributed by atoms with van der Waals surface area (Å²) >= 11 is 0. The molecule has 0 aliphatic heterocycles. The number of sulfonamides is 1. The Hall–Kier alpha value is -1.18. The number of likely N-dealkylation sites (N-methyl/N-ethyl adjacent to an activating group) is 1. The number of anilines is 1. The van der Waals surface area contributed by atoms with Crippen LogP contribution in [0.3, 0.4) is 0 Å². The first-order chi connectivity index (χ1) is 8.75. The molecule has 0 aliphatic carbocycles. The van der Waals surface area contributed by atoms with Gasteiger partial charge < -0.3 is 10.2 Å². The van der Waals surface area contributed by atoms with Crippen molar-refractivity contribution < 1.29 is 8.42 Å². The molecule has 108 valence electrons. The molecule has 0 amide bonds. The third-order valence-electron chi connectivity index (χ3n) is 2.98. The van der Waals surface area contributed by atoms with Crippen molar-refractivity contribution in [3.8, 4) is 0 Å². The minimum Gasteiger partial charge on any atom is -0.369 e. The van der Waals surface area contributed by atoms with Crippen LogP contribution in [-0.4, -0.2) is 63.4 Å². The summed E-state index contributed by atoms with van der Waals surface area (Å²) in [6.45, 7) is 2.84. The average molecular weight is 286 g/mol. The largest absolute Gasteiger partial charge is 0.369 e. The molecule has 1 rings (SSSR count). The number of hydrogen-bond donors (Lipinski definition) is 1. The van der Waals surface area contributed by atoms with E-state index in [0.29, 0.717) is 11.9 Å². The Morgan fingerprint density at radius 3 is 2.32 bits per heavy atom. The van der Waals surface area contributed by atoms with E-state index in [1.807, 2.05) is 14.1 Å². The number of hydrogen-bond acceptors (Lipinski definition) is 5. The van der Waals surface area contributed by atoms with Gasteiger partial charge in [-0.05, 0) is 33.2 Å². The zero-order valence-electron chi connectivity index (χ0n) is 12.1. The van der Waals surface area contributed by atoms with Crippen LogP contribution in [-0.2, 0) is 10.0 Å². The molecular weight excluding hydrogens is 264 g/mol. The standard InChI is InChI=1S/C12H22N4O2S/c1-10(15(2)3)8-13-12-7-6-11(9-14-12)19(17,18)16(4)5/h6-7,9-10H,8H2,1-5H3,(H,13,14). The van der Waals surface area contributed by atoms with Gasteiger partial charge in [0.2, 0.25) is 10.0 Å². The summed E-state index contributed by atoms with van der Waals surface area (Å²) in [6.07, 6.45) is 1.37. The van der Waals surface area contributed by atoms with E-state index in [-0.39, 0.29) is 4.90 Å². The Morgan fingerprint density at radius 1 is 1.26 bits per heavy atom. The third-order valence-corrected chi connectivity index (χ3v) is 4.77. The van der Waals surface area contributed by atoms with Crippen molar-refractivity contribution in [2.45, 2.75) is 17.9 Å². The minimum absolute atomic E-state index is 0.198. The molecular formula is C12H22N4O2S. The van der Waals surface area contributed by atoms with Gasteiger partial charge in [0.15, 0.2) is 0 Å². The van der Waals surface area contributed by atoms with Crippen molar-refractivity contribution >= 4 is 15.8 Å². The molecule has 1 aromatic rings. The molecule has 0 saturated carbocycles. The van der Waals surface area contributed by atoms with Gasteiger partial charge in [0.25, 0.3) is 0 Å². The van der Waals surface area contributed by atoms with E-state index < -0.39 is 10.0 Å². The lowest BCUT2D eigenvalue weighted by molar-refractivity contribution is 0.326. The molecule has 0 radical (unpaired) electrons. The molecule has 0 spiro atoms. The molecule has 7 heteroatoms. The molecule has 0 aliphatic rings. The molecule has 1 heterocycles. The van der Waals surface area contributed by atoms with Gasteiger partial charge in [0.1, 0.15) is 10.7 Å². The van der Waals surface area contributed by atoms with Gasteiger partial charge in [0.05, 0.1) is 0 Å². The first-order valence-electron chi connectivity index (χ1n) is 6.04. The van der Waals surface area contributed by atoms with Crippen LogP contribution in [0.15, 0.2) is 23.2 Å². The number of nitrogens with zero attached hydrogens (tertiary/aromatic N) is 3. The summed E-state index contributed by atoms with van der Waals surface area (Å²) < 4.78 is 24.9. The monoisotopic (exact) mass is 286 g/mol. The van der Waals surface area contributed by atoms with Crippen LogP contribution in [0.2, 0.25) is 0 Å². The lowest BCUT2D eigenvalue weighted by atomic mass is 10.3. The summed E-state index contributed by atoms with van der Waals surface area (Å²) in [5.74, 6) is 0.673. The molecule has 1 aromatic heterocycles. The molecule has 6 nitrogen and oxygen atoms in total. The zero-order valence-corrected chi connectivity index (χ0v) is 12.9. The molecule has 0 fully saturated rings. The van der Waals surface area contributed by atoms with Crippen LogP contribution in [0.4, 0.5) is 5.82 Å². The number of aromatic nitrogens is 1. The summed E-state index contributed by atoms with van der Waals surface area (Å²) in [4.78, 5) is 6.42. The quantitative estimate of drug-likeness (QED) is 0.833. The Bertz CT molecular complexity index is 497. The fourth-order valence-corrected chi connectivity index (χ4v) is 2.13. The van der Waals surface area contributed by atoms with Gasteiger partial charge in [-0.25, -0.2) is 17.7 Å². The predicted octanol–water partition coefficient (Wildman–Crippen LogP) is 0.694. The van der Waals surface area contributed by atoms with E-state index in [4.69, 9.17) is 0 Å². The third kappa shape index (κ3) is 4.15. The fraction of sp³-hybridized carbons (Fsp3) is 0.583. The van der Waals surface area contributed by atoms with Crippen molar-refractivity contribution in [2.75, 3.05) is 40.1 Å². The predicted molar refractivity (Wildman–Crippen MR) is 76.7 cm³/mol. The molecule has 0 aromatic carbocycles. The maximum Gasteiger partial charge on any atom is 0.244 e. The molecule has 1 N–H and O–H groups in total. The number of rotatable bonds is 6. The first kappa shape index (κ1) is 15.9. The van der Waals surface area contributed by atoms with Gasteiger partial charge in [-0.15, -0.1) is 0 Å². The van der Waals surface area contributed by atoms with Crippen molar-refractivity contribution in [3.63, 3.8) is 0 Å². The molecule has 19 heavy (non-hydrogen) atoms. The summed E-state index contributed by atoms with van der Waals surface area (Å²) in [5.41, 5.74) is 0. The van der Waals surface area contributed by atoms with Crippen LogP contribution in [0, 0.1) is 0 Å². The van der Waals surface area contributed by atoms with Crippen LogP contribution >= 0.6 is 0 Å². The van der Waals surface area contributed by atoms with E-state index in [9.17, 15) is 8.42 Å². The highest BCUT2D eigenvalue weighted by molar-refractivity contribution is 7.89. The maximum atomic E-state index is 11.9. The van der Waals surface area contributed by atoms with Gasteiger partial charge in [-0.1, -0.05) is 0 Å². The van der Waals surface area contributed by atoms with E-state index >= 15 is 0 Å². The lowest BCUT2D eigenvalue weighted by Crippen LogP contribution is -2.31. The van der Waals surface area contributed by atoms with E-state index in [1.54, 1.807) is 12.1 Å². The van der Waals surface area contributed by atoms with Crippen LogP contribution in [0.5, 0.6) is 0 Å². The average Bonchev–Trinajstić information content (AvgIpc) is 2.36. The summed E-state index contributed by atoms with van der Waals surface area (Å²) in [6, 6.07) is 3.61. The SMILES string of the molecule is CC(CNc1ccc(S(=O)(=O)N(C)C)cn1)N(C)C. The van der Waals surface area contributed by atoms with Gasteiger partial charge >= 0.3 is 0 Å². The highest BCUT2D eigenvalue weighted by Crippen LogP contribution is 2.13. The van der Waals surface area contributed by atoms with E-state index in [2.05, 4.69) is 22.1 Å². The second-order valence-electron chi connectivity index (χ2n) is 4.86. The second kappa shape index (κ2) is 6.31. The molecule has 1 unspecified atom stereocenters. The fourth-order valence-electron chi connectivity index (χ4n) is 1.28. The highest BCUT2D eigenvalue weighted by atomic mass is 32.2. The molecule has 1 atom stereocenters. The first-order valence-corrected chi connectivity index (χ1v) is 7.48. The Labute approximate surface area is 115 Å². The molecule has 0 bridgehead atoms. The van der Waals surface area contributed by atoms with Gasteiger partial charge in [-0.2, -0.15) is 0 Å². The lowest BCUT2D eigenvalue weighted by Gasteiger charge is -2.20. The van der Waals surface area contributed by atoms with Gasteiger partial charge in [-0.3, -0.25) is 0 Å². The Balaban J connectivity index is 2.73. The van der Waals surface area contributed by atoms with Crippen LogP contribution in [0.1, 0.15) is 6.92 Å². The van der Waals surface area contributed by atoms with Gasteiger partial charge in [0, 0.05) is 32.9 Å². The maximum absolute atomic E-state index is 11.9. The highest BCUT2D eigenvalue weighted by Gasteiger charge is 2.17. The van der Waals surface area contributed by atoms with Crippen LogP contribution in [0.25, 0.3) is 0 Å². The smallest absolute Gasteiger partial charge is 0.244 e. The number of pyridine rings is 1. The van der Waals surface area contributed by atoms with Crippen molar-refractivity contribution in [1.82, 2.24) is 14.2 Å². The summed E-state index contributed by atoms with van der Waals surface area (Å²) in [5, 5.41) is 3.17. The topological polar surface area (TPSA) is 65.5 Å². The van der Waals surface area contributed by atoms with Crippen molar-refractivity contribution in [1.29, 1.82) is 0 Å². The van der Waals surface area contributed by atoms with Crippen LogP contribution < -0.4 is 5.32 Å². The zero-order chi connectivity index (χ0) is 14.6. The molecule has 0 saturated heterocycles.